The minimum Gasteiger partial charge on any atom is -0.490 e. The number of carboxylic acid groups (broad SMARTS) is 1. The van der Waals surface area contributed by atoms with Gasteiger partial charge in [-0.05, 0) is 41.7 Å². The largest absolute Gasteiger partial charge is 0.490 e. The average molecular weight is 480 g/mol. The first-order chi connectivity index (χ1) is 15.2. The van der Waals surface area contributed by atoms with Gasteiger partial charge in [0.1, 0.15) is 25.0 Å². The van der Waals surface area contributed by atoms with Crippen LogP contribution in [0.2, 0.25) is 5.02 Å². The summed E-state index contributed by atoms with van der Waals surface area (Å²) in [7, 11) is 0. The highest BCUT2D eigenvalue weighted by atomic mass is 35.5. The number of rotatable bonds is 9. The smallest absolute Gasteiger partial charge is 0.321 e. The molecular weight excluding hydrogens is 450 g/mol. The van der Waals surface area contributed by atoms with Crippen LogP contribution in [0.3, 0.4) is 0 Å². The van der Waals surface area contributed by atoms with Crippen LogP contribution in [0.25, 0.3) is 0 Å². The molecule has 0 bridgehead atoms. The molecule has 1 aliphatic rings. The molecule has 0 aliphatic carbocycles. The van der Waals surface area contributed by atoms with Crippen LogP contribution < -0.4 is 19.5 Å². The Morgan fingerprint density at radius 2 is 1.88 bits per heavy atom. The van der Waals surface area contributed by atoms with Gasteiger partial charge in [-0.1, -0.05) is 50.6 Å². The number of nitrogens with one attached hydrogen (secondary N) is 1. The Bertz CT molecular complexity index is 946. The summed E-state index contributed by atoms with van der Waals surface area (Å²) in [6.45, 7) is 9.45. The Hall–Kier alpha value is -2.09. The average Bonchev–Trinajstić information content (AvgIpc) is 3.23. The number of hydrogen-bond donors (Lipinski definition) is 2. The number of halogens is 1. The summed E-state index contributed by atoms with van der Waals surface area (Å²) >= 11 is 8.06. The topological polar surface area (TPSA) is 77.0 Å². The first-order valence-electron chi connectivity index (χ1n) is 10.6. The lowest BCUT2D eigenvalue weighted by Gasteiger charge is -2.23. The molecule has 32 heavy (non-hydrogen) atoms. The van der Waals surface area contributed by atoms with Gasteiger partial charge in [-0.3, -0.25) is 10.1 Å². The maximum Gasteiger partial charge on any atom is 0.321 e. The third-order valence-corrected chi connectivity index (χ3v) is 6.55. The van der Waals surface area contributed by atoms with Crippen molar-refractivity contribution in [2.45, 2.75) is 44.5 Å². The third kappa shape index (κ3) is 6.03. The summed E-state index contributed by atoms with van der Waals surface area (Å²) in [6, 6.07) is 11.1. The van der Waals surface area contributed by atoms with E-state index < -0.39 is 12.0 Å². The monoisotopic (exact) mass is 479 g/mol. The van der Waals surface area contributed by atoms with Crippen molar-refractivity contribution < 1.29 is 24.1 Å². The van der Waals surface area contributed by atoms with Crippen LogP contribution >= 0.6 is 23.4 Å². The summed E-state index contributed by atoms with van der Waals surface area (Å²) in [4.78, 5) is 11.2. The van der Waals surface area contributed by atoms with Crippen molar-refractivity contribution in [3.63, 3.8) is 0 Å². The Balaban J connectivity index is 1.67. The van der Waals surface area contributed by atoms with Crippen molar-refractivity contribution >= 4 is 29.3 Å². The van der Waals surface area contributed by atoms with Crippen LogP contribution in [-0.2, 0) is 10.2 Å². The van der Waals surface area contributed by atoms with Crippen molar-refractivity contribution in [3.8, 4) is 17.2 Å². The van der Waals surface area contributed by atoms with Crippen molar-refractivity contribution in [1.29, 1.82) is 0 Å². The first-order valence-corrected chi connectivity index (χ1v) is 12.0. The second kappa shape index (κ2) is 10.7. The van der Waals surface area contributed by atoms with Crippen molar-refractivity contribution in [1.82, 2.24) is 5.32 Å². The second-order valence-electron chi connectivity index (χ2n) is 8.48. The molecule has 3 rings (SSSR count). The van der Waals surface area contributed by atoms with Gasteiger partial charge in [0, 0.05) is 5.75 Å². The molecule has 2 aromatic rings. The highest BCUT2D eigenvalue weighted by Crippen LogP contribution is 2.42. The van der Waals surface area contributed by atoms with Gasteiger partial charge in [0.2, 0.25) is 0 Å². The molecule has 2 atom stereocenters. The maximum absolute atomic E-state index is 11.2. The summed E-state index contributed by atoms with van der Waals surface area (Å²) in [6.07, 6.45) is 0. The van der Waals surface area contributed by atoms with E-state index in [2.05, 4.69) is 32.2 Å². The number of thioether (sulfide) groups is 1. The number of carbonyl (C=O) groups is 1. The molecule has 0 aromatic heterocycles. The summed E-state index contributed by atoms with van der Waals surface area (Å²) < 4.78 is 17.7. The van der Waals surface area contributed by atoms with E-state index in [4.69, 9.17) is 25.8 Å². The molecule has 0 radical (unpaired) electrons. The van der Waals surface area contributed by atoms with Gasteiger partial charge in [0.05, 0.1) is 17.0 Å². The quantitative estimate of drug-likeness (QED) is 0.473. The molecular formula is C24H30ClNO5S. The predicted molar refractivity (Wildman–Crippen MR) is 129 cm³/mol. The fourth-order valence-electron chi connectivity index (χ4n) is 3.46. The van der Waals surface area contributed by atoms with Gasteiger partial charge in [0.25, 0.3) is 0 Å². The summed E-state index contributed by atoms with van der Waals surface area (Å²) in [5.74, 6) is 1.47. The zero-order valence-corrected chi connectivity index (χ0v) is 20.4. The van der Waals surface area contributed by atoms with E-state index in [1.54, 1.807) is 6.07 Å². The van der Waals surface area contributed by atoms with E-state index in [0.29, 0.717) is 42.1 Å². The lowest BCUT2D eigenvalue weighted by Crippen LogP contribution is -2.33. The lowest BCUT2D eigenvalue weighted by atomic mass is 9.86. The Kier molecular flexibility index (Phi) is 8.20. The summed E-state index contributed by atoms with van der Waals surface area (Å²) in [5, 5.41) is 12.6. The molecule has 1 aliphatic heterocycles. The van der Waals surface area contributed by atoms with Gasteiger partial charge < -0.3 is 19.3 Å². The Labute approximate surface area is 198 Å². The molecule has 0 spiro atoms. The van der Waals surface area contributed by atoms with Crippen molar-refractivity contribution in [2.75, 3.05) is 25.6 Å². The molecule has 1 saturated heterocycles. The molecule has 8 heteroatoms. The molecule has 174 valence electrons. The Morgan fingerprint density at radius 1 is 1.16 bits per heavy atom. The van der Waals surface area contributed by atoms with E-state index >= 15 is 0 Å². The van der Waals surface area contributed by atoms with Crippen LogP contribution in [-0.4, -0.2) is 42.7 Å². The SMILES string of the molecule is CCOc1cc(C2NC(C(=O)O)CS2)cc(Cl)c1OCCOc1ccccc1C(C)(C)C. The number of carboxylic acids is 1. The number of aliphatic carboxylic acids is 1. The molecule has 0 saturated carbocycles. The van der Waals surface area contributed by atoms with Gasteiger partial charge in [-0.25, -0.2) is 0 Å². The minimum atomic E-state index is -0.857. The van der Waals surface area contributed by atoms with Crippen molar-refractivity contribution in [2.24, 2.45) is 0 Å². The van der Waals surface area contributed by atoms with E-state index in [9.17, 15) is 9.90 Å². The number of benzene rings is 2. The maximum atomic E-state index is 11.2. The van der Waals surface area contributed by atoms with E-state index in [-0.39, 0.29) is 10.8 Å². The standard InChI is InChI=1S/C24H30ClNO5S/c1-5-29-20-13-15(22-26-18(14-32-22)23(27)28)12-17(25)21(20)31-11-10-30-19-9-7-6-8-16(19)24(2,3)4/h6-9,12-13,18,22,26H,5,10-11,14H2,1-4H3,(H,27,28). The molecule has 0 amide bonds. The zero-order chi connectivity index (χ0) is 23.3. The van der Waals surface area contributed by atoms with Crippen LogP contribution in [0.1, 0.15) is 44.2 Å². The number of hydrogen-bond acceptors (Lipinski definition) is 6. The van der Waals surface area contributed by atoms with E-state index in [1.807, 2.05) is 31.2 Å². The van der Waals surface area contributed by atoms with Gasteiger partial charge in [-0.15, -0.1) is 11.8 Å². The fourth-order valence-corrected chi connectivity index (χ4v) is 4.94. The number of ether oxygens (including phenoxy) is 3. The fraction of sp³-hybridized carbons (Fsp3) is 0.458. The molecule has 1 heterocycles. The van der Waals surface area contributed by atoms with Crippen LogP contribution in [0.4, 0.5) is 0 Å². The molecule has 2 unspecified atom stereocenters. The molecule has 2 N–H and O–H groups in total. The Morgan fingerprint density at radius 3 is 2.53 bits per heavy atom. The van der Waals surface area contributed by atoms with Gasteiger partial charge in [0.15, 0.2) is 11.5 Å². The zero-order valence-electron chi connectivity index (χ0n) is 18.8. The summed E-state index contributed by atoms with van der Waals surface area (Å²) in [5.41, 5.74) is 1.97. The molecule has 2 aromatic carbocycles. The minimum absolute atomic E-state index is 0.0232. The predicted octanol–water partition coefficient (Wildman–Crippen LogP) is 5.28. The lowest BCUT2D eigenvalue weighted by molar-refractivity contribution is -0.138. The van der Waals surface area contributed by atoms with Gasteiger partial charge in [-0.2, -0.15) is 0 Å². The second-order valence-corrected chi connectivity index (χ2v) is 10.0. The van der Waals surface area contributed by atoms with Crippen molar-refractivity contribution in [3.05, 3.63) is 52.5 Å². The third-order valence-electron chi connectivity index (χ3n) is 5.00. The molecule has 1 fully saturated rings. The highest BCUT2D eigenvalue weighted by Gasteiger charge is 2.31. The van der Waals surface area contributed by atoms with Crippen LogP contribution in [0.15, 0.2) is 36.4 Å². The molecule has 6 nitrogen and oxygen atoms in total. The highest BCUT2D eigenvalue weighted by molar-refractivity contribution is 7.99. The van der Waals surface area contributed by atoms with E-state index in [1.165, 1.54) is 11.8 Å². The van der Waals surface area contributed by atoms with Gasteiger partial charge >= 0.3 is 5.97 Å². The first kappa shape index (κ1) is 24.6. The van der Waals surface area contributed by atoms with Crippen LogP contribution in [0, 0.1) is 0 Å². The van der Waals surface area contributed by atoms with Crippen LogP contribution in [0.5, 0.6) is 17.2 Å². The number of para-hydroxylation sites is 1. The normalized spacial score (nSPS) is 18.4. The van der Waals surface area contributed by atoms with E-state index in [0.717, 1.165) is 16.9 Å².